The van der Waals surface area contributed by atoms with Crippen molar-refractivity contribution in [1.29, 1.82) is 0 Å². The van der Waals surface area contributed by atoms with Gasteiger partial charge < -0.3 is 18.9 Å². The molecular formula is C17H34B2O4S. The van der Waals surface area contributed by atoms with Gasteiger partial charge in [-0.25, -0.2) is 0 Å². The first-order valence-electron chi connectivity index (χ1n) is 9.38. The molecule has 0 aromatic rings. The van der Waals surface area contributed by atoms with Crippen LogP contribution in [0.1, 0.15) is 40.0 Å². The second-order valence-corrected chi connectivity index (χ2v) is 9.05. The Morgan fingerprint density at radius 3 is 2.38 bits per heavy atom. The molecule has 24 heavy (non-hydrogen) atoms. The van der Waals surface area contributed by atoms with Gasteiger partial charge in [0.25, 0.3) is 7.48 Å². The second kappa shape index (κ2) is 9.31. The molecule has 2 saturated heterocycles. The summed E-state index contributed by atoms with van der Waals surface area (Å²) in [6.07, 6.45) is 5.15. The van der Waals surface area contributed by atoms with Gasteiger partial charge in [-0.15, -0.1) is 0 Å². The number of rotatable bonds is 14. The number of hydrogen-bond acceptors (Lipinski definition) is 5. The van der Waals surface area contributed by atoms with Crippen molar-refractivity contribution in [1.82, 2.24) is 0 Å². The molecule has 4 nitrogen and oxygen atoms in total. The number of epoxide rings is 2. The van der Waals surface area contributed by atoms with E-state index in [2.05, 4.69) is 41.2 Å². The molecule has 0 saturated carbocycles. The van der Waals surface area contributed by atoms with Crippen molar-refractivity contribution in [3.05, 3.63) is 0 Å². The van der Waals surface area contributed by atoms with Gasteiger partial charge in [0.1, 0.15) is 20.1 Å². The summed E-state index contributed by atoms with van der Waals surface area (Å²) < 4.78 is 22.3. The summed E-state index contributed by atoms with van der Waals surface area (Å²) in [5.74, 6) is 1.53. The molecule has 2 fully saturated rings. The summed E-state index contributed by atoms with van der Waals surface area (Å²) in [7, 11) is 3.16. The SMILES string of the molecule is BC(CC(C)(CBOCC1CO1)CCS)CC(C)(C)OCC1CO1. The molecule has 0 aromatic carbocycles. The summed E-state index contributed by atoms with van der Waals surface area (Å²) in [5.41, 5.74) is 0.189. The molecule has 0 bridgehead atoms. The lowest BCUT2D eigenvalue weighted by Crippen LogP contribution is -2.30. The van der Waals surface area contributed by atoms with Gasteiger partial charge in [0, 0.05) is 0 Å². The zero-order chi connectivity index (χ0) is 17.6. The largest absolute Gasteiger partial charge is 0.437 e. The highest BCUT2D eigenvalue weighted by Crippen LogP contribution is 2.39. The summed E-state index contributed by atoms with van der Waals surface area (Å²) in [6.45, 7) is 9.97. The van der Waals surface area contributed by atoms with Crippen molar-refractivity contribution in [2.24, 2.45) is 5.41 Å². The Labute approximate surface area is 154 Å². The van der Waals surface area contributed by atoms with Crippen molar-refractivity contribution in [2.75, 3.05) is 32.2 Å². The van der Waals surface area contributed by atoms with Crippen LogP contribution in [0.4, 0.5) is 0 Å². The van der Waals surface area contributed by atoms with Gasteiger partial charge in [0.15, 0.2) is 0 Å². The van der Waals surface area contributed by atoms with E-state index < -0.39 is 0 Å². The Balaban J connectivity index is 1.71. The highest BCUT2D eigenvalue weighted by atomic mass is 32.1. The summed E-state index contributed by atoms with van der Waals surface area (Å²) in [5, 5.41) is 0. The van der Waals surface area contributed by atoms with Crippen LogP contribution in [0.3, 0.4) is 0 Å². The van der Waals surface area contributed by atoms with Crippen LogP contribution in [0.25, 0.3) is 0 Å². The van der Waals surface area contributed by atoms with E-state index in [1.54, 1.807) is 0 Å². The van der Waals surface area contributed by atoms with Gasteiger partial charge in [0.2, 0.25) is 0 Å². The number of hydrogen-bond donors (Lipinski definition) is 1. The quantitative estimate of drug-likeness (QED) is 0.224. The van der Waals surface area contributed by atoms with E-state index >= 15 is 0 Å². The molecule has 7 heteroatoms. The molecule has 0 amide bonds. The molecule has 0 aliphatic carbocycles. The number of ether oxygens (including phenoxy) is 3. The lowest BCUT2D eigenvalue weighted by molar-refractivity contribution is -0.0324. The van der Waals surface area contributed by atoms with Crippen LogP contribution < -0.4 is 0 Å². The van der Waals surface area contributed by atoms with Crippen molar-refractivity contribution in [3.8, 4) is 0 Å². The Kier molecular flexibility index (Phi) is 8.00. The fraction of sp³-hybridized carbons (Fsp3) is 1.00. The van der Waals surface area contributed by atoms with Gasteiger partial charge in [0.05, 0.1) is 32.0 Å². The van der Waals surface area contributed by atoms with Crippen molar-refractivity contribution in [2.45, 2.75) is 70.0 Å². The van der Waals surface area contributed by atoms with Crippen LogP contribution in [-0.2, 0) is 18.9 Å². The first kappa shape index (κ1) is 20.6. The molecule has 0 aromatic heterocycles. The molecule has 0 spiro atoms. The van der Waals surface area contributed by atoms with E-state index in [9.17, 15) is 0 Å². The summed E-state index contributed by atoms with van der Waals surface area (Å²) >= 11 is 4.47. The molecule has 0 radical (unpaired) electrons. The van der Waals surface area contributed by atoms with Gasteiger partial charge in [-0.3, -0.25) is 0 Å². The maximum absolute atomic E-state index is 6.05. The first-order chi connectivity index (χ1) is 11.3. The van der Waals surface area contributed by atoms with Gasteiger partial charge in [-0.2, -0.15) is 12.6 Å². The molecule has 4 atom stereocenters. The third-order valence-corrected chi connectivity index (χ3v) is 5.24. The van der Waals surface area contributed by atoms with Crippen LogP contribution in [0.5, 0.6) is 0 Å². The molecule has 2 heterocycles. The van der Waals surface area contributed by atoms with Gasteiger partial charge >= 0.3 is 0 Å². The Morgan fingerprint density at radius 2 is 1.79 bits per heavy atom. The van der Waals surface area contributed by atoms with Gasteiger partial charge in [-0.05, 0) is 44.2 Å². The molecule has 138 valence electrons. The van der Waals surface area contributed by atoms with E-state index in [0.29, 0.717) is 18.0 Å². The lowest BCUT2D eigenvalue weighted by atomic mass is 9.62. The predicted octanol–water partition coefficient (Wildman–Crippen LogP) is 1.89. The minimum absolute atomic E-state index is 0.0902. The van der Waals surface area contributed by atoms with E-state index in [4.69, 9.17) is 18.9 Å². The third-order valence-electron chi connectivity index (χ3n) is 5.02. The zero-order valence-corrected chi connectivity index (χ0v) is 16.8. The average molecular weight is 356 g/mol. The Hall–Kier alpha value is 0.320. The smallest absolute Gasteiger partial charge is 0.275 e. The molecule has 4 unspecified atom stereocenters. The third kappa shape index (κ3) is 8.61. The van der Waals surface area contributed by atoms with Crippen molar-refractivity contribution in [3.63, 3.8) is 0 Å². The average Bonchev–Trinajstić information content (AvgIpc) is 3.36. The maximum atomic E-state index is 6.05. The van der Waals surface area contributed by atoms with Gasteiger partial charge in [-0.1, -0.05) is 19.2 Å². The highest BCUT2D eigenvalue weighted by Gasteiger charge is 2.32. The number of thiol groups is 1. The monoisotopic (exact) mass is 356 g/mol. The first-order valence-corrected chi connectivity index (χ1v) is 10.0. The molecular weight excluding hydrogens is 322 g/mol. The van der Waals surface area contributed by atoms with Crippen LogP contribution in [-0.4, -0.2) is 65.3 Å². The minimum atomic E-state index is -0.0902. The van der Waals surface area contributed by atoms with Crippen LogP contribution >= 0.6 is 12.6 Å². The van der Waals surface area contributed by atoms with Crippen LogP contribution in [0.2, 0.25) is 12.1 Å². The maximum Gasteiger partial charge on any atom is 0.275 e. The van der Waals surface area contributed by atoms with Crippen LogP contribution in [0.15, 0.2) is 0 Å². The van der Waals surface area contributed by atoms with Crippen molar-refractivity contribution >= 4 is 28.0 Å². The molecule has 2 aliphatic rings. The second-order valence-electron chi connectivity index (χ2n) is 8.60. The predicted molar refractivity (Wildman–Crippen MR) is 106 cm³/mol. The standard InChI is InChI=1S/C17H34B2O4S/c1-16(2,22-10-14-8-20-14)6-13(18)7-17(3,4-5-24)12-19-23-11-15-9-21-15/h13-15,19,24H,4-12,18H2,1-3H3. The minimum Gasteiger partial charge on any atom is -0.437 e. The van der Waals surface area contributed by atoms with E-state index in [1.807, 2.05) is 0 Å². The van der Waals surface area contributed by atoms with Crippen LogP contribution in [0, 0.1) is 5.41 Å². The lowest BCUT2D eigenvalue weighted by Gasteiger charge is -2.35. The summed E-state index contributed by atoms with van der Waals surface area (Å²) in [6, 6.07) is 0. The zero-order valence-electron chi connectivity index (χ0n) is 15.9. The van der Waals surface area contributed by atoms with E-state index in [0.717, 1.165) is 58.8 Å². The fourth-order valence-corrected chi connectivity index (χ4v) is 4.13. The fourth-order valence-electron chi connectivity index (χ4n) is 3.59. The molecule has 2 aliphatic heterocycles. The van der Waals surface area contributed by atoms with E-state index in [-0.39, 0.29) is 11.0 Å². The highest BCUT2D eigenvalue weighted by molar-refractivity contribution is 7.80. The normalized spacial score (nSPS) is 26.7. The summed E-state index contributed by atoms with van der Waals surface area (Å²) in [4.78, 5) is 0. The topological polar surface area (TPSA) is 43.5 Å². The molecule has 0 N–H and O–H groups in total. The Bertz CT molecular complexity index is 378. The van der Waals surface area contributed by atoms with E-state index in [1.165, 1.54) is 6.42 Å². The molecule has 2 rings (SSSR count). The Morgan fingerprint density at radius 1 is 1.17 bits per heavy atom. The van der Waals surface area contributed by atoms with Crippen molar-refractivity contribution < 1.29 is 18.9 Å².